The summed E-state index contributed by atoms with van der Waals surface area (Å²) < 4.78 is 41.5. The number of carbonyl (C=O) groups is 2. The summed E-state index contributed by atoms with van der Waals surface area (Å²) in [6, 6.07) is 10.4. The van der Waals surface area contributed by atoms with Crippen LogP contribution in [0.2, 0.25) is 0 Å². The Kier molecular flexibility index (Phi) is 7.30. The second-order valence-corrected chi connectivity index (χ2v) is 8.14. The van der Waals surface area contributed by atoms with Gasteiger partial charge >= 0.3 is 11.9 Å². The van der Waals surface area contributed by atoms with Crippen LogP contribution in [0.25, 0.3) is 12.2 Å². The lowest BCUT2D eigenvalue weighted by Crippen LogP contribution is -2.13. The van der Waals surface area contributed by atoms with Crippen molar-refractivity contribution in [1.82, 2.24) is 0 Å². The van der Waals surface area contributed by atoms with E-state index in [0.29, 0.717) is 11.1 Å². The first-order chi connectivity index (χ1) is 13.6. The summed E-state index contributed by atoms with van der Waals surface area (Å²) in [6.45, 7) is 5.30. The molecule has 0 atom stereocenters. The molecule has 0 saturated carbocycles. The molecule has 0 bridgehead atoms. The summed E-state index contributed by atoms with van der Waals surface area (Å²) in [5.74, 6) is -0.876. The molecule has 2 rings (SSSR count). The normalized spacial score (nSPS) is 11.6. The average Bonchev–Trinajstić information content (AvgIpc) is 2.64. The first-order valence-corrected chi connectivity index (χ1v) is 10.3. The molecule has 0 aliphatic rings. The molecule has 2 aromatic carbocycles. The molecule has 0 saturated heterocycles. The molecule has 154 valence electrons. The summed E-state index contributed by atoms with van der Waals surface area (Å²) in [6.07, 6.45) is 3.41. The lowest BCUT2D eigenvalue weighted by atomic mass is 10.1. The van der Waals surface area contributed by atoms with Gasteiger partial charge in [-0.2, -0.15) is 8.42 Å². The van der Waals surface area contributed by atoms with Gasteiger partial charge in [0.05, 0.1) is 11.5 Å². The predicted molar refractivity (Wildman–Crippen MR) is 108 cm³/mol. The largest absolute Gasteiger partial charge is 0.462 e. The van der Waals surface area contributed by atoms with Gasteiger partial charge in [0.2, 0.25) is 0 Å². The molecule has 1 N–H and O–H groups in total. The second-order valence-electron chi connectivity index (χ2n) is 6.72. The molecule has 0 amide bonds. The molecular weight excluding hydrogens is 396 g/mol. The van der Waals surface area contributed by atoms with Crippen LogP contribution < -0.4 is 4.74 Å². The van der Waals surface area contributed by atoms with E-state index in [0.717, 1.165) is 0 Å². The molecule has 0 aliphatic carbocycles. The Morgan fingerprint density at radius 1 is 1.03 bits per heavy atom. The summed E-state index contributed by atoms with van der Waals surface area (Å²) >= 11 is 0. The van der Waals surface area contributed by atoms with E-state index < -0.39 is 22.1 Å². The van der Waals surface area contributed by atoms with Crippen LogP contribution in [-0.2, 0) is 19.6 Å². The Labute approximate surface area is 169 Å². The van der Waals surface area contributed by atoms with E-state index in [1.165, 1.54) is 37.3 Å². The Bertz CT molecular complexity index is 1020. The van der Waals surface area contributed by atoms with Crippen LogP contribution in [0.4, 0.5) is 0 Å². The van der Waals surface area contributed by atoms with E-state index in [-0.39, 0.29) is 28.7 Å². The summed E-state index contributed by atoms with van der Waals surface area (Å²) in [4.78, 5) is 23.5. The first kappa shape index (κ1) is 22.3. The molecule has 0 spiro atoms. The van der Waals surface area contributed by atoms with Gasteiger partial charge in [0, 0.05) is 6.92 Å². The van der Waals surface area contributed by atoms with E-state index in [9.17, 15) is 18.0 Å². The number of hydrogen-bond acceptors (Lipinski definition) is 6. The van der Waals surface area contributed by atoms with Gasteiger partial charge in [-0.3, -0.25) is 9.35 Å². The van der Waals surface area contributed by atoms with Crippen molar-refractivity contribution < 1.29 is 32.0 Å². The van der Waals surface area contributed by atoms with Gasteiger partial charge < -0.3 is 9.47 Å². The lowest BCUT2D eigenvalue weighted by Gasteiger charge is -2.11. The zero-order chi connectivity index (χ0) is 21.6. The summed E-state index contributed by atoms with van der Waals surface area (Å²) in [7, 11) is -4.25. The Hall–Kier alpha value is -2.97. The summed E-state index contributed by atoms with van der Waals surface area (Å²) in [5, 5.41) is 0. The van der Waals surface area contributed by atoms with Crippen LogP contribution in [-0.4, -0.2) is 31.5 Å². The zero-order valence-electron chi connectivity index (χ0n) is 16.3. The molecule has 0 heterocycles. The van der Waals surface area contributed by atoms with Gasteiger partial charge in [-0.1, -0.05) is 44.2 Å². The smallest absolute Gasteiger partial charge is 0.341 e. The minimum atomic E-state index is -4.25. The number of benzene rings is 2. The number of carbonyl (C=O) groups excluding carboxylic acids is 2. The highest BCUT2D eigenvalue weighted by Gasteiger charge is 2.16. The van der Waals surface area contributed by atoms with Gasteiger partial charge in [-0.25, -0.2) is 4.79 Å². The molecule has 0 aromatic heterocycles. The fraction of sp³-hybridized carbons (Fsp3) is 0.238. The number of esters is 2. The minimum absolute atomic E-state index is 0.112. The third-order valence-electron chi connectivity index (χ3n) is 3.67. The third kappa shape index (κ3) is 6.85. The van der Waals surface area contributed by atoms with Crippen molar-refractivity contribution >= 4 is 34.2 Å². The highest BCUT2D eigenvalue weighted by molar-refractivity contribution is 7.85. The molecule has 2 aromatic rings. The standard InChI is InChI=1S/C21H22O7S/c1-14(2)13-27-21(23)19-12-17(8-11-20(19)28-15(3)22)5-4-16-6-9-18(10-7-16)29(24,25)26/h4-12,14H,13H2,1-3H3,(H,24,25,26). The predicted octanol–water partition coefficient (Wildman–Crippen LogP) is 3.84. The molecule has 0 fully saturated rings. The second kappa shape index (κ2) is 9.49. The maximum Gasteiger partial charge on any atom is 0.341 e. The van der Waals surface area contributed by atoms with Gasteiger partial charge in [0.25, 0.3) is 10.1 Å². The Morgan fingerprint density at radius 2 is 1.62 bits per heavy atom. The minimum Gasteiger partial charge on any atom is -0.462 e. The van der Waals surface area contributed by atoms with Crippen molar-refractivity contribution in [3.05, 3.63) is 59.2 Å². The maximum atomic E-state index is 12.4. The van der Waals surface area contributed by atoms with Crippen LogP contribution in [0.1, 0.15) is 42.3 Å². The fourth-order valence-corrected chi connectivity index (χ4v) is 2.80. The Balaban J connectivity index is 2.28. The fourth-order valence-electron chi connectivity index (χ4n) is 2.32. The summed E-state index contributed by atoms with van der Waals surface area (Å²) in [5.41, 5.74) is 1.46. The molecule has 0 radical (unpaired) electrons. The number of hydrogen-bond donors (Lipinski definition) is 1. The monoisotopic (exact) mass is 418 g/mol. The highest BCUT2D eigenvalue weighted by atomic mass is 32.2. The van der Waals surface area contributed by atoms with Gasteiger partial charge in [0.1, 0.15) is 11.3 Å². The maximum absolute atomic E-state index is 12.4. The van der Waals surface area contributed by atoms with Crippen LogP contribution >= 0.6 is 0 Å². The molecule has 29 heavy (non-hydrogen) atoms. The van der Waals surface area contributed by atoms with Crippen LogP contribution in [0.5, 0.6) is 5.75 Å². The van der Waals surface area contributed by atoms with E-state index in [1.54, 1.807) is 24.3 Å². The Morgan fingerprint density at radius 3 is 2.17 bits per heavy atom. The highest BCUT2D eigenvalue weighted by Crippen LogP contribution is 2.23. The van der Waals surface area contributed by atoms with E-state index in [1.807, 2.05) is 13.8 Å². The number of rotatable bonds is 7. The van der Waals surface area contributed by atoms with Crippen molar-refractivity contribution in [2.24, 2.45) is 5.92 Å². The van der Waals surface area contributed by atoms with Crippen molar-refractivity contribution in [2.75, 3.05) is 6.61 Å². The van der Waals surface area contributed by atoms with E-state index in [2.05, 4.69) is 0 Å². The van der Waals surface area contributed by atoms with E-state index in [4.69, 9.17) is 14.0 Å². The van der Waals surface area contributed by atoms with Crippen molar-refractivity contribution in [1.29, 1.82) is 0 Å². The zero-order valence-corrected chi connectivity index (χ0v) is 17.1. The quantitative estimate of drug-likeness (QED) is 0.315. The lowest BCUT2D eigenvalue weighted by molar-refractivity contribution is -0.131. The third-order valence-corrected chi connectivity index (χ3v) is 4.54. The van der Waals surface area contributed by atoms with Gasteiger partial charge in [-0.05, 0) is 41.3 Å². The molecule has 0 unspecified atom stereocenters. The van der Waals surface area contributed by atoms with Gasteiger partial charge in [-0.15, -0.1) is 0 Å². The first-order valence-electron chi connectivity index (χ1n) is 8.81. The SMILES string of the molecule is CC(=O)Oc1ccc(C=Cc2ccc(S(=O)(=O)O)cc2)cc1C(=O)OCC(C)C. The van der Waals surface area contributed by atoms with Crippen LogP contribution in [0.3, 0.4) is 0 Å². The van der Waals surface area contributed by atoms with Crippen molar-refractivity contribution in [3.63, 3.8) is 0 Å². The van der Waals surface area contributed by atoms with Crippen molar-refractivity contribution in [2.45, 2.75) is 25.7 Å². The number of ether oxygens (including phenoxy) is 2. The van der Waals surface area contributed by atoms with Crippen molar-refractivity contribution in [3.8, 4) is 5.75 Å². The topological polar surface area (TPSA) is 107 Å². The van der Waals surface area contributed by atoms with Gasteiger partial charge in [0.15, 0.2) is 0 Å². The molecular formula is C21H22O7S. The molecule has 0 aliphatic heterocycles. The van der Waals surface area contributed by atoms with Crippen LogP contribution in [0, 0.1) is 5.92 Å². The average molecular weight is 418 g/mol. The molecule has 7 nitrogen and oxygen atoms in total. The van der Waals surface area contributed by atoms with Crippen LogP contribution in [0.15, 0.2) is 47.4 Å². The molecule has 8 heteroatoms. The van der Waals surface area contributed by atoms with E-state index >= 15 is 0 Å².